The van der Waals surface area contributed by atoms with E-state index in [1.54, 1.807) is 6.92 Å². The average molecular weight is 423 g/mol. The number of halogens is 6. The lowest BCUT2D eigenvalue weighted by Crippen LogP contribution is -2.25. The molecule has 1 aliphatic rings. The van der Waals surface area contributed by atoms with E-state index in [9.17, 15) is 31.1 Å². The number of rotatable bonds is 1. The lowest BCUT2D eigenvalue weighted by molar-refractivity contribution is -0.138. The maximum atomic E-state index is 13.0. The highest BCUT2D eigenvalue weighted by molar-refractivity contribution is 8.13. The van der Waals surface area contributed by atoms with Gasteiger partial charge in [0.25, 0.3) is 5.24 Å². The largest absolute Gasteiger partial charge is 0.416 e. The molecule has 0 aromatic heterocycles. The fraction of sp³-hybridized carbons (Fsp3) is 0.235. The number of amides is 1. The van der Waals surface area contributed by atoms with Gasteiger partial charge < -0.3 is 0 Å². The van der Waals surface area contributed by atoms with Crippen LogP contribution in [-0.2, 0) is 12.4 Å². The molecule has 27 heavy (non-hydrogen) atoms. The summed E-state index contributed by atoms with van der Waals surface area (Å²) >= 11 is 1.70. The van der Waals surface area contributed by atoms with Crippen molar-refractivity contribution in [1.82, 2.24) is 0 Å². The van der Waals surface area contributed by atoms with E-state index in [1.165, 1.54) is 12.1 Å². The lowest BCUT2D eigenvalue weighted by atomic mass is 10.1. The van der Waals surface area contributed by atoms with Gasteiger partial charge in [-0.1, -0.05) is 30.4 Å². The molecule has 10 heteroatoms. The highest BCUT2D eigenvalue weighted by Crippen LogP contribution is 2.51. The molecule has 0 saturated heterocycles. The number of anilines is 2. The summed E-state index contributed by atoms with van der Waals surface area (Å²) in [6.45, 7) is 1.72. The van der Waals surface area contributed by atoms with Gasteiger partial charge in [-0.25, -0.2) is 0 Å². The second-order valence-electron chi connectivity index (χ2n) is 5.50. The van der Waals surface area contributed by atoms with Crippen LogP contribution in [0.15, 0.2) is 46.2 Å². The quantitative estimate of drug-likeness (QED) is 0.453. The summed E-state index contributed by atoms with van der Waals surface area (Å²) in [5, 5.41) is -0.472. The molecule has 2 aromatic rings. The van der Waals surface area contributed by atoms with Gasteiger partial charge in [-0.3, -0.25) is 9.69 Å². The molecule has 0 atom stereocenters. The van der Waals surface area contributed by atoms with Crippen molar-refractivity contribution in [3.05, 3.63) is 47.5 Å². The van der Waals surface area contributed by atoms with E-state index in [4.69, 9.17) is 0 Å². The van der Waals surface area contributed by atoms with Crippen LogP contribution < -0.4 is 4.90 Å². The van der Waals surface area contributed by atoms with Crippen LogP contribution in [0.1, 0.15) is 18.1 Å². The Balaban J connectivity index is 2.16. The first kappa shape index (κ1) is 19.9. The van der Waals surface area contributed by atoms with E-state index >= 15 is 0 Å². The monoisotopic (exact) mass is 423 g/mol. The van der Waals surface area contributed by atoms with Gasteiger partial charge >= 0.3 is 12.4 Å². The van der Waals surface area contributed by atoms with Crippen LogP contribution in [-0.4, -0.2) is 11.0 Å². The first-order chi connectivity index (χ1) is 12.5. The van der Waals surface area contributed by atoms with Crippen molar-refractivity contribution in [3.8, 4) is 0 Å². The molecule has 1 aliphatic heterocycles. The Bertz CT molecular complexity index is 830. The third-order valence-corrected chi connectivity index (χ3v) is 5.54. The highest BCUT2D eigenvalue weighted by Gasteiger charge is 2.36. The Morgan fingerprint density at radius 3 is 1.74 bits per heavy atom. The Hall–Kier alpha value is -1.81. The molecule has 0 saturated carbocycles. The number of carbonyl (C=O) groups excluding carboxylic acids is 1. The first-order valence-electron chi connectivity index (χ1n) is 7.59. The molecule has 2 aromatic carbocycles. The van der Waals surface area contributed by atoms with Gasteiger partial charge in [-0.2, -0.15) is 26.3 Å². The number of hydrogen-bond donors (Lipinski definition) is 0. The second-order valence-corrected chi connectivity index (χ2v) is 7.80. The number of thioether (sulfide) groups is 1. The molecule has 1 heterocycles. The van der Waals surface area contributed by atoms with Gasteiger partial charge in [-0.15, -0.1) is 0 Å². The zero-order chi connectivity index (χ0) is 20.0. The predicted octanol–water partition coefficient (Wildman–Crippen LogP) is 7.20. The Morgan fingerprint density at radius 1 is 0.926 bits per heavy atom. The number of benzene rings is 2. The van der Waals surface area contributed by atoms with E-state index in [0.29, 0.717) is 5.75 Å². The van der Waals surface area contributed by atoms with E-state index in [2.05, 4.69) is 0 Å². The number of nitrogens with zero attached hydrogens (tertiary/aromatic N) is 1. The zero-order valence-electron chi connectivity index (χ0n) is 13.6. The van der Waals surface area contributed by atoms with Gasteiger partial charge in [0, 0.05) is 9.79 Å². The molecule has 0 spiro atoms. The molecule has 0 unspecified atom stereocenters. The Kier molecular flexibility index (Phi) is 5.15. The van der Waals surface area contributed by atoms with Crippen LogP contribution in [0.2, 0.25) is 0 Å². The minimum Gasteiger partial charge on any atom is -0.270 e. The Labute approximate surface area is 158 Å². The van der Waals surface area contributed by atoms with E-state index in [-0.39, 0.29) is 21.2 Å². The maximum Gasteiger partial charge on any atom is 0.416 e. The summed E-state index contributed by atoms with van der Waals surface area (Å²) < 4.78 is 78.0. The molecular formula is C17H11F6NOS2. The van der Waals surface area contributed by atoms with Crippen molar-refractivity contribution in [3.63, 3.8) is 0 Å². The third kappa shape index (κ3) is 3.91. The number of alkyl halides is 6. The summed E-state index contributed by atoms with van der Waals surface area (Å²) in [7, 11) is 0. The van der Waals surface area contributed by atoms with E-state index in [1.807, 2.05) is 0 Å². The van der Waals surface area contributed by atoms with E-state index < -0.39 is 28.7 Å². The van der Waals surface area contributed by atoms with E-state index in [0.717, 1.165) is 52.7 Å². The summed E-state index contributed by atoms with van der Waals surface area (Å²) in [4.78, 5) is 13.8. The predicted molar refractivity (Wildman–Crippen MR) is 92.7 cm³/mol. The second kappa shape index (κ2) is 6.97. The fourth-order valence-electron chi connectivity index (χ4n) is 2.55. The molecule has 0 aliphatic carbocycles. The summed E-state index contributed by atoms with van der Waals surface area (Å²) in [5.74, 6) is 0.411. The SMILES string of the molecule is CCSC(=O)N1c2ccc(C(F)(F)F)cc2Sc2cc(C(F)(F)F)ccc21. The zero-order valence-corrected chi connectivity index (χ0v) is 15.2. The molecule has 0 radical (unpaired) electrons. The molecule has 3 rings (SSSR count). The van der Waals surface area contributed by atoms with Crippen LogP contribution in [0.3, 0.4) is 0 Å². The van der Waals surface area contributed by atoms with Crippen molar-refractivity contribution < 1.29 is 31.1 Å². The summed E-state index contributed by atoms with van der Waals surface area (Å²) in [6, 6.07) is 5.73. The lowest BCUT2D eigenvalue weighted by Gasteiger charge is -2.31. The van der Waals surface area contributed by atoms with Crippen molar-refractivity contribution in [1.29, 1.82) is 0 Å². The van der Waals surface area contributed by atoms with Crippen molar-refractivity contribution in [2.24, 2.45) is 0 Å². The fourth-order valence-corrected chi connectivity index (χ4v) is 4.26. The van der Waals surface area contributed by atoms with Crippen LogP contribution in [0, 0.1) is 0 Å². The van der Waals surface area contributed by atoms with Crippen LogP contribution in [0.25, 0.3) is 0 Å². The van der Waals surface area contributed by atoms with Gasteiger partial charge in [0.15, 0.2) is 0 Å². The van der Waals surface area contributed by atoms with Crippen molar-refractivity contribution >= 4 is 40.1 Å². The number of hydrogen-bond acceptors (Lipinski definition) is 3. The molecule has 0 N–H and O–H groups in total. The number of fused-ring (bicyclic) bond motifs is 2. The standard InChI is InChI=1S/C17H11F6NOS2/c1-2-26-15(25)24-11-5-3-9(16(18,19)20)7-13(11)27-14-8-10(17(21,22)23)4-6-12(14)24/h3-8H,2H2,1H3. The van der Waals surface area contributed by atoms with Gasteiger partial charge in [0.1, 0.15) is 0 Å². The normalized spacial score (nSPS) is 14.0. The topological polar surface area (TPSA) is 20.3 Å². The van der Waals surface area contributed by atoms with Gasteiger partial charge in [0.2, 0.25) is 0 Å². The third-order valence-electron chi connectivity index (χ3n) is 3.73. The van der Waals surface area contributed by atoms with Crippen LogP contribution in [0.5, 0.6) is 0 Å². The van der Waals surface area contributed by atoms with Gasteiger partial charge in [-0.05, 0) is 42.2 Å². The summed E-state index contributed by atoms with van der Waals surface area (Å²) in [5.41, 5.74) is -1.43. The smallest absolute Gasteiger partial charge is 0.270 e. The average Bonchev–Trinajstić information content (AvgIpc) is 2.57. The highest BCUT2D eigenvalue weighted by atomic mass is 32.2. The molecule has 2 nitrogen and oxygen atoms in total. The van der Waals surface area contributed by atoms with Crippen LogP contribution >= 0.6 is 23.5 Å². The minimum absolute atomic E-state index is 0.0710. The maximum absolute atomic E-state index is 13.0. The summed E-state index contributed by atoms with van der Waals surface area (Å²) in [6.07, 6.45) is -9.20. The molecule has 0 bridgehead atoms. The molecule has 1 amide bonds. The molecule has 144 valence electrons. The number of carbonyl (C=O) groups is 1. The van der Waals surface area contributed by atoms with Crippen molar-refractivity contribution in [2.75, 3.05) is 10.7 Å². The molecular weight excluding hydrogens is 412 g/mol. The van der Waals surface area contributed by atoms with Crippen LogP contribution in [0.4, 0.5) is 42.5 Å². The molecule has 0 fully saturated rings. The van der Waals surface area contributed by atoms with Gasteiger partial charge in [0.05, 0.1) is 22.5 Å². The first-order valence-corrected chi connectivity index (χ1v) is 9.40. The van der Waals surface area contributed by atoms with Crippen molar-refractivity contribution in [2.45, 2.75) is 29.1 Å². The Morgan fingerprint density at radius 2 is 1.37 bits per heavy atom. The minimum atomic E-state index is -4.60.